The number of methoxy groups -OCH3 is 2. The molecule has 0 spiro atoms. The van der Waals surface area contributed by atoms with Gasteiger partial charge in [0.25, 0.3) is 0 Å². The van der Waals surface area contributed by atoms with Crippen LogP contribution in [0.1, 0.15) is 126 Å². The van der Waals surface area contributed by atoms with E-state index in [0.29, 0.717) is 16.7 Å². The molecule has 1 aromatic heterocycles. The largest absolute Gasteiger partial charge is 0.493 e. The zero-order valence-corrected chi connectivity index (χ0v) is 40.9. The maximum atomic E-state index is 15.9. The van der Waals surface area contributed by atoms with Gasteiger partial charge in [-0.05, 0) is 43.4 Å². The third-order valence-electron chi connectivity index (χ3n) is 12.3. The first-order valence-electron chi connectivity index (χ1n) is 23.5. The number of nitrogens with one attached hydrogen (secondary N) is 1. The topological polar surface area (TPSA) is 197 Å². The van der Waals surface area contributed by atoms with Gasteiger partial charge in [-0.25, -0.2) is 8.78 Å². The standard InChI is InChI=1S/C49H65F2N3O13S/c1-8-13-31(11-4)67-44(60)17-15-41(57)53-25-30-20-36(62-6)47(46(51)34(30)26-53)64-18-12-19-65-48-37(63-7)23-38-33(45(48)50)21-39(68-38)35(55)14-16-43(59)66-28(5)24-52-40(56)27-54-42(58)22-32(49(54)61)29(9-2)10-3/h20-21,23,28-29,31-32,40,52,56H,8-19,22,24-27H2,1-7H3/t28-,31?,32?,40?/m0/s1. The summed E-state index contributed by atoms with van der Waals surface area (Å²) in [6, 6.07) is 4.55. The Kier molecular flexibility index (Phi) is 19.9. The number of halogens is 2. The van der Waals surface area contributed by atoms with E-state index in [2.05, 4.69) is 5.32 Å². The number of aliphatic hydroxyl groups excluding tert-OH is 1. The molecule has 374 valence electrons. The molecule has 0 saturated carbocycles. The average Bonchev–Trinajstić information content (AvgIpc) is 4.03. The normalized spacial score (nSPS) is 16.0. The summed E-state index contributed by atoms with van der Waals surface area (Å²) in [6.07, 6.45) is 1.46. The lowest BCUT2D eigenvalue weighted by Crippen LogP contribution is -2.46. The second-order valence-corrected chi connectivity index (χ2v) is 18.2. The van der Waals surface area contributed by atoms with Gasteiger partial charge in [0, 0.05) is 67.0 Å². The molecule has 2 aliphatic rings. The molecular weight excluding hydrogens is 909 g/mol. The Bertz CT molecular complexity index is 2280. The lowest BCUT2D eigenvalue weighted by molar-refractivity contribution is -0.151. The first kappa shape index (κ1) is 53.6. The summed E-state index contributed by atoms with van der Waals surface area (Å²) >= 11 is 1.03. The number of esters is 2. The molecule has 3 unspecified atom stereocenters. The minimum Gasteiger partial charge on any atom is -0.493 e. The van der Waals surface area contributed by atoms with Crippen LogP contribution in [0.5, 0.6) is 23.0 Å². The molecule has 3 aromatic rings. The van der Waals surface area contributed by atoms with Gasteiger partial charge in [-0.1, -0.05) is 47.0 Å². The van der Waals surface area contributed by atoms with Gasteiger partial charge < -0.3 is 38.4 Å². The van der Waals surface area contributed by atoms with Crippen LogP contribution in [0.2, 0.25) is 0 Å². The summed E-state index contributed by atoms with van der Waals surface area (Å²) in [5.41, 5.74) is 0.845. The average molecular weight is 974 g/mol. The molecule has 0 bridgehead atoms. The highest BCUT2D eigenvalue weighted by Crippen LogP contribution is 2.42. The molecule has 3 heterocycles. The van der Waals surface area contributed by atoms with Crippen LogP contribution >= 0.6 is 11.3 Å². The fourth-order valence-electron chi connectivity index (χ4n) is 8.46. The van der Waals surface area contributed by atoms with Crippen molar-refractivity contribution in [2.24, 2.45) is 11.8 Å². The molecule has 1 fully saturated rings. The van der Waals surface area contributed by atoms with Crippen molar-refractivity contribution in [2.45, 2.75) is 137 Å². The van der Waals surface area contributed by atoms with Crippen LogP contribution in [0.3, 0.4) is 0 Å². The van der Waals surface area contributed by atoms with E-state index in [0.717, 1.165) is 41.9 Å². The molecule has 0 radical (unpaired) electrons. The van der Waals surface area contributed by atoms with Crippen LogP contribution in [-0.4, -0.2) is 109 Å². The first-order chi connectivity index (χ1) is 32.6. The van der Waals surface area contributed by atoms with Crippen molar-refractivity contribution in [1.29, 1.82) is 0 Å². The molecule has 3 amide bonds. The third kappa shape index (κ3) is 13.4. The number of carbonyl (C=O) groups is 6. The van der Waals surface area contributed by atoms with E-state index < -0.39 is 47.6 Å². The molecule has 16 nitrogen and oxygen atoms in total. The Labute approximate surface area is 399 Å². The van der Waals surface area contributed by atoms with E-state index in [1.807, 2.05) is 27.7 Å². The number of β-amino-alcohol motifs (C(OH)–C–C–N with tert-alkyl or cyclic N) is 1. The van der Waals surface area contributed by atoms with E-state index in [-0.39, 0.29) is 146 Å². The highest BCUT2D eigenvalue weighted by atomic mass is 32.1. The number of benzene rings is 2. The SMILES string of the molecule is CCCC(CC)OC(=O)CCC(=O)N1Cc2cc(OC)c(OCCCOc3c(OC)cc4sc(C(=O)CCC(=O)O[C@@H](C)CNC(O)CN5C(=O)CC(C(CC)CC)C5=O)cc4c3F)c(F)c2C1. The highest BCUT2D eigenvalue weighted by Gasteiger charge is 2.42. The quantitative estimate of drug-likeness (QED) is 0.0240. The van der Waals surface area contributed by atoms with Gasteiger partial charge in [-0.15, -0.1) is 11.3 Å². The monoisotopic (exact) mass is 973 g/mol. The number of nitrogens with zero attached hydrogens (tertiary/aromatic N) is 2. The van der Waals surface area contributed by atoms with Crippen molar-refractivity contribution < 1.29 is 71.1 Å². The summed E-state index contributed by atoms with van der Waals surface area (Å²) in [4.78, 5) is 79.3. The number of amides is 3. The van der Waals surface area contributed by atoms with Crippen LogP contribution in [0.4, 0.5) is 8.78 Å². The van der Waals surface area contributed by atoms with Crippen molar-refractivity contribution in [2.75, 3.05) is 40.5 Å². The van der Waals surface area contributed by atoms with Gasteiger partial charge in [-0.2, -0.15) is 0 Å². The Morgan fingerprint density at radius 3 is 2.15 bits per heavy atom. The fourth-order valence-corrected chi connectivity index (χ4v) is 9.52. The van der Waals surface area contributed by atoms with Crippen LogP contribution in [0, 0.1) is 23.5 Å². The predicted molar refractivity (Wildman–Crippen MR) is 247 cm³/mol. The number of thiophene rings is 1. The predicted octanol–water partition coefficient (Wildman–Crippen LogP) is 7.40. The minimum absolute atomic E-state index is 0.00361. The number of rotatable bonds is 28. The van der Waals surface area contributed by atoms with Crippen molar-refractivity contribution in [3.05, 3.63) is 45.8 Å². The summed E-state index contributed by atoms with van der Waals surface area (Å²) in [6.45, 7) is 9.33. The molecule has 2 aliphatic heterocycles. The van der Waals surface area contributed by atoms with Crippen LogP contribution in [0.15, 0.2) is 18.2 Å². The van der Waals surface area contributed by atoms with Gasteiger partial charge in [-0.3, -0.25) is 39.0 Å². The second-order valence-electron chi connectivity index (χ2n) is 17.1. The fraction of sp³-hybridized carbons (Fsp3) is 0.592. The van der Waals surface area contributed by atoms with E-state index in [9.17, 15) is 33.9 Å². The Morgan fingerprint density at radius 1 is 0.853 bits per heavy atom. The summed E-state index contributed by atoms with van der Waals surface area (Å²) < 4.78 is 65.5. The van der Waals surface area contributed by atoms with Gasteiger partial charge >= 0.3 is 11.9 Å². The van der Waals surface area contributed by atoms with Crippen molar-refractivity contribution in [1.82, 2.24) is 15.1 Å². The summed E-state index contributed by atoms with van der Waals surface area (Å²) in [5, 5.41) is 13.4. The molecule has 19 heteroatoms. The molecule has 5 rings (SSSR count). The first-order valence-corrected chi connectivity index (χ1v) is 24.3. The van der Waals surface area contributed by atoms with E-state index >= 15 is 8.78 Å². The van der Waals surface area contributed by atoms with E-state index in [1.165, 1.54) is 25.2 Å². The van der Waals surface area contributed by atoms with E-state index in [1.54, 1.807) is 19.1 Å². The number of likely N-dealkylation sites (tertiary alicyclic amines) is 1. The number of ether oxygens (including phenoxy) is 6. The highest BCUT2D eigenvalue weighted by molar-refractivity contribution is 7.20. The maximum absolute atomic E-state index is 15.9. The van der Waals surface area contributed by atoms with Crippen LogP contribution in [0.25, 0.3) is 10.1 Å². The number of fused-ring (bicyclic) bond motifs is 2. The van der Waals surface area contributed by atoms with Crippen molar-refractivity contribution in [3.8, 4) is 23.0 Å². The lowest BCUT2D eigenvalue weighted by Gasteiger charge is -2.23. The molecule has 1 saturated heterocycles. The zero-order valence-electron chi connectivity index (χ0n) is 40.0. The van der Waals surface area contributed by atoms with Gasteiger partial charge in [0.05, 0.1) is 57.6 Å². The molecule has 68 heavy (non-hydrogen) atoms. The van der Waals surface area contributed by atoms with Crippen LogP contribution in [-0.2, 0) is 46.5 Å². The second kappa shape index (κ2) is 25.3. The van der Waals surface area contributed by atoms with Gasteiger partial charge in [0.15, 0.2) is 40.4 Å². The van der Waals surface area contributed by atoms with Crippen molar-refractivity contribution in [3.63, 3.8) is 0 Å². The number of Topliss-reactive ketones (excluding diaryl/α,β-unsaturated/α-hetero) is 1. The number of carbonyl (C=O) groups excluding carboxylic acids is 6. The number of imide groups is 1. The summed E-state index contributed by atoms with van der Waals surface area (Å²) in [7, 11) is 2.72. The zero-order chi connectivity index (χ0) is 49.7. The Morgan fingerprint density at radius 2 is 1.50 bits per heavy atom. The number of hydrogen-bond acceptors (Lipinski definition) is 15. The lowest BCUT2D eigenvalue weighted by atomic mass is 9.87. The third-order valence-corrected chi connectivity index (χ3v) is 13.4. The molecule has 2 N–H and O–H groups in total. The molecule has 0 aliphatic carbocycles. The van der Waals surface area contributed by atoms with Crippen LogP contribution < -0.4 is 24.3 Å². The molecular formula is C49H65F2N3O13S. The van der Waals surface area contributed by atoms with Crippen molar-refractivity contribution >= 4 is 56.9 Å². The Hall–Kier alpha value is -5.40. The Balaban J connectivity index is 1.07. The maximum Gasteiger partial charge on any atom is 0.306 e. The summed E-state index contributed by atoms with van der Waals surface area (Å²) in [5.74, 6) is -4.27. The number of hydrogen-bond donors (Lipinski definition) is 2. The smallest absolute Gasteiger partial charge is 0.306 e. The van der Waals surface area contributed by atoms with E-state index in [4.69, 9.17) is 28.4 Å². The molecule has 2 aromatic carbocycles. The van der Waals surface area contributed by atoms with Gasteiger partial charge in [0.1, 0.15) is 18.4 Å². The number of ketones is 1. The number of aliphatic hydroxyl groups is 1. The minimum atomic E-state index is -1.23. The molecule has 4 atom stereocenters. The van der Waals surface area contributed by atoms with Gasteiger partial charge in [0.2, 0.25) is 17.7 Å².